The van der Waals surface area contributed by atoms with E-state index in [-0.39, 0.29) is 47.9 Å². The Morgan fingerprint density at radius 2 is 1.39 bits per heavy atom. The van der Waals surface area contributed by atoms with E-state index < -0.39 is 18.0 Å². The largest absolute Gasteiger partial charge is 0.478 e. The van der Waals surface area contributed by atoms with Gasteiger partial charge in [0.25, 0.3) is 0 Å². The summed E-state index contributed by atoms with van der Waals surface area (Å²) < 4.78 is 10.4. The molecule has 0 aliphatic carbocycles. The standard InChI is InChI=1S/C15H23NO5.C8H6O4/c17-13-7-1-2-8-14(18)21-12(6-4-10-20-13)15(19)11-5-3-9-16-11;9-7(10)5-1-2-6(4-3-5)8(11)12/h11-12,16H,1-10H2;1-4H,(H,9,10)(H,11,12)/t11-,12?;/m0./s1. The number of carbonyl (C=O) groups excluding carboxylic acids is 3. The summed E-state index contributed by atoms with van der Waals surface area (Å²) in [4.78, 5) is 56.2. The van der Waals surface area contributed by atoms with Gasteiger partial charge in [-0.05, 0) is 69.3 Å². The van der Waals surface area contributed by atoms with Crippen molar-refractivity contribution in [3.05, 3.63) is 35.4 Å². The van der Waals surface area contributed by atoms with Crippen molar-refractivity contribution in [2.75, 3.05) is 13.2 Å². The van der Waals surface area contributed by atoms with E-state index in [1.54, 1.807) is 0 Å². The number of aromatic carboxylic acids is 2. The number of nitrogens with one attached hydrogen (secondary N) is 1. The fourth-order valence-electron chi connectivity index (χ4n) is 3.45. The van der Waals surface area contributed by atoms with E-state index in [0.29, 0.717) is 32.1 Å². The Bertz CT molecular complexity index is 811. The molecule has 2 fully saturated rings. The second-order valence-corrected chi connectivity index (χ2v) is 7.79. The lowest BCUT2D eigenvalue weighted by atomic mass is 10.0. The molecule has 2 atom stereocenters. The van der Waals surface area contributed by atoms with Gasteiger partial charge in [-0.3, -0.25) is 14.4 Å². The van der Waals surface area contributed by atoms with Crippen LogP contribution in [-0.2, 0) is 23.9 Å². The molecule has 2 aliphatic heterocycles. The molecule has 0 amide bonds. The van der Waals surface area contributed by atoms with Crippen LogP contribution in [0.15, 0.2) is 24.3 Å². The van der Waals surface area contributed by atoms with Gasteiger partial charge < -0.3 is 25.0 Å². The number of carboxylic acids is 2. The maximum Gasteiger partial charge on any atom is 0.335 e. The van der Waals surface area contributed by atoms with Gasteiger partial charge >= 0.3 is 23.9 Å². The van der Waals surface area contributed by atoms with E-state index in [1.165, 1.54) is 24.3 Å². The van der Waals surface area contributed by atoms with Crippen LogP contribution in [0.5, 0.6) is 0 Å². The molecule has 1 aromatic rings. The molecule has 3 N–H and O–H groups in total. The molecule has 0 aromatic heterocycles. The van der Waals surface area contributed by atoms with Crippen LogP contribution in [0, 0.1) is 0 Å². The number of carboxylic acid groups (broad SMARTS) is 2. The van der Waals surface area contributed by atoms with Gasteiger partial charge in [-0.15, -0.1) is 0 Å². The highest BCUT2D eigenvalue weighted by molar-refractivity contribution is 5.91. The smallest absolute Gasteiger partial charge is 0.335 e. The van der Waals surface area contributed by atoms with Crippen molar-refractivity contribution in [1.29, 1.82) is 0 Å². The number of Topliss-reactive ketones (excluding diaryl/α,β-unsaturated/α-hetero) is 1. The van der Waals surface area contributed by atoms with Gasteiger partial charge in [-0.1, -0.05) is 0 Å². The molecule has 1 aromatic carbocycles. The van der Waals surface area contributed by atoms with Crippen molar-refractivity contribution in [1.82, 2.24) is 5.32 Å². The first-order valence-electron chi connectivity index (χ1n) is 11.0. The molecule has 0 spiro atoms. The summed E-state index contributed by atoms with van der Waals surface area (Å²) in [6.45, 7) is 1.10. The highest BCUT2D eigenvalue weighted by Gasteiger charge is 2.31. The van der Waals surface area contributed by atoms with E-state index >= 15 is 0 Å². The maximum absolute atomic E-state index is 12.4. The number of hydrogen-bond donors (Lipinski definition) is 3. The fourth-order valence-corrected chi connectivity index (χ4v) is 3.45. The molecular formula is C23H29NO9. The second kappa shape index (κ2) is 13.3. The van der Waals surface area contributed by atoms with Crippen molar-refractivity contribution in [3.63, 3.8) is 0 Å². The summed E-state index contributed by atoms with van der Waals surface area (Å²) in [6, 6.07) is 4.81. The molecule has 2 aliphatic rings. The van der Waals surface area contributed by atoms with E-state index in [9.17, 15) is 24.0 Å². The van der Waals surface area contributed by atoms with E-state index in [2.05, 4.69) is 5.32 Å². The Hall–Kier alpha value is -3.27. The molecule has 0 radical (unpaired) electrons. The fraction of sp³-hybridized carbons (Fsp3) is 0.522. The van der Waals surface area contributed by atoms with Crippen LogP contribution in [0.25, 0.3) is 0 Å². The SMILES string of the molecule is O=C(O)c1ccc(C(=O)O)cc1.O=C1CCCCC(=O)OC(C(=O)[C@@H]2CCCN2)CCCO1. The zero-order valence-corrected chi connectivity index (χ0v) is 18.3. The molecule has 3 rings (SSSR count). The Balaban J connectivity index is 0.000000273. The number of cyclic esters (lactones) is 2. The summed E-state index contributed by atoms with van der Waals surface area (Å²) in [5, 5.41) is 20.1. The van der Waals surface area contributed by atoms with Crippen LogP contribution in [-0.4, -0.2) is 65.2 Å². The van der Waals surface area contributed by atoms with Crippen LogP contribution in [0.4, 0.5) is 0 Å². The predicted octanol–water partition coefficient (Wildman–Crippen LogP) is 2.20. The average molecular weight is 463 g/mol. The molecule has 0 saturated carbocycles. The van der Waals surface area contributed by atoms with Crippen molar-refractivity contribution < 1.29 is 43.7 Å². The Morgan fingerprint density at radius 3 is 1.91 bits per heavy atom. The number of carbonyl (C=O) groups is 5. The van der Waals surface area contributed by atoms with Crippen LogP contribution in [0.2, 0.25) is 0 Å². The van der Waals surface area contributed by atoms with Crippen molar-refractivity contribution in [2.45, 2.75) is 63.5 Å². The van der Waals surface area contributed by atoms with E-state index in [4.69, 9.17) is 19.7 Å². The van der Waals surface area contributed by atoms with Gasteiger partial charge in [0.1, 0.15) is 0 Å². The van der Waals surface area contributed by atoms with Crippen LogP contribution < -0.4 is 5.32 Å². The first-order valence-corrected chi connectivity index (χ1v) is 11.0. The predicted molar refractivity (Wildman–Crippen MR) is 115 cm³/mol. The minimum absolute atomic E-state index is 0.0516. The monoisotopic (exact) mass is 463 g/mol. The first kappa shape index (κ1) is 26.0. The molecule has 10 heteroatoms. The molecular weight excluding hydrogens is 434 g/mol. The van der Waals surface area contributed by atoms with Crippen LogP contribution in [0.3, 0.4) is 0 Å². The summed E-state index contributed by atoms with van der Waals surface area (Å²) in [7, 11) is 0. The van der Waals surface area contributed by atoms with Gasteiger partial charge in [0.2, 0.25) is 0 Å². The number of rotatable bonds is 4. The molecule has 2 saturated heterocycles. The average Bonchev–Trinajstić information content (AvgIpc) is 3.33. The van der Waals surface area contributed by atoms with Crippen LogP contribution >= 0.6 is 0 Å². The third kappa shape index (κ3) is 9.01. The maximum atomic E-state index is 12.4. The normalized spacial score (nSPS) is 21.8. The number of ether oxygens (including phenoxy) is 2. The highest BCUT2D eigenvalue weighted by Crippen LogP contribution is 2.16. The summed E-state index contributed by atoms with van der Waals surface area (Å²) in [5.41, 5.74) is 0.167. The quantitative estimate of drug-likeness (QED) is 0.566. The molecule has 10 nitrogen and oxygen atoms in total. The van der Waals surface area contributed by atoms with Crippen molar-refractivity contribution in [2.24, 2.45) is 0 Å². The second-order valence-electron chi connectivity index (χ2n) is 7.79. The Morgan fingerprint density at radius 1 is 0.818 bits per heavy atom. The number of esters is 2. The third-order valence-electron chi connectivity index (χ3n) is 5.26. The number of hydrogen-bond acceptors (Lipinski definition) is 8. The van der Waals surface area contributed by atoms with E-state index in [0.717, 1.165) is 19.4 Å². The van der Waals surface area contributed by atoms with Gasteiger partial charge in [-0.2, -0.15) is 0 Å². The zero-order chi connectivity index (χ0) is 24.2. The molecule has 33 heavy (non-hydrogen) atoms. The van der Waals surface area contributed by atoms with Crippen molar-refractivity contribution in [3.8, 4) is 0 Å². The van der Waals surface area contributed by atoms with Crippen LogP contribution in [0.1, 0.15) is 72.1 Å². The first-order chi connectivity index (χ1) is 15.8. The molecule has 0 bridgehead atoms. The van der Waals surface area contributed by atoms with Gasteiger partial charge in [-0.25, -0.2) is 9.59 Å². The van der Waals surface area contributed by atoms with Gasteiger partial charge in [0.05, 0.1) is 23.8 Å². The van der Waals surface area contributed by atoms with E-state index in [1.807, 2.05) is 0 Å². The van der Waals surface area contributed by atoms with Gasteiger partial charge in [0, 0.05) is 12.8 Å². The van der Waals surface area contributed by atoms with Crippen molar-refractivity contribution >= 4 is 29.7 Å². The molecule has 180 valence electrons. The summed E-state index contributed by atoms with van der Waals surface area (Å²) in [6.07, 6.45) is 3.75. The number of ketones is 1. The molecule has 1 unspecified atom stereocenters. The lowest BCUT2D eigenvalue weighted by molar-refractivity contribution is -0.157. The summed E-state index contributed by atoms with van der Waals surface area (Å²) in [5.74, 6) is -2.76. The topological polar surface area (TPSA) is 156 Å². The lowest BCUT2D eigenvalue weighted by Gasteiger charge is -2.20. The Kier molecular flexibility index (Phi) is 10.5. The Labute approximate surface area is 191 Å². The van der Waals surface area contributed by atoms with Gasteiger partial charge in [0.15, 0.2) is 11.9 Å². The minimum Gasteiger partial charge on any atom is -0.478 e. The molecule has 2 heterocycles. The third-order valence-corrected chi connectivity index (χ3v) is 5.26. The number of benzene rings is 1. The summed E-state index contributed by atoms with van der Waals surface area (Å²) >= 11 is 0. The highest BCUT2D eigenvalue weighted by atomic mass is 16.5. The minimum atomic E-state index is -1.06. The lowest BCUT2D eigenvalue weighted by Crippen LogP contribution is -2.41. The zero-order valence-electron chi connectivity index (χ0n) is 18.3.